The van der Waals surface area contributed by atoms with Crippen LogP contribution in [-0.2, 0) is 11.2 Å². The highest BCUT2D eigenvalue weighted by Crippen LogP contribution is 2.27. The monoisotopic (exact) mass is 421 g/mol. The molecule has 1 saturated heterocycles. The minimum absolute atomic E-state index is 0.495. The predicted molar refractivity (Wildman–Crippen MR) is 118 cm³/mol. The maximum absolute atomic E-state index is 9.63. The van der Waals surface area contributed by atoms with Crippen molar-refractivity contribution < 1.29 is 14.4 Å². The van der Waals surface area contributed by atoms with Crippen LogP contribution in [0.5, 0.6) is 0 Å². The van der Waals surface area contributed by atoms with Crippen LogP contribution in [-0.4, -0.2) is 47.9 Å². The Morgan fingerprint density at radius 2 is 2.03 bits per heavy atom. The Balaban J connectivity index is 1.40. The van der Waals surface area contributed by atoms with E-state index in [1.807, 2.05) is 29.8 Å². The van der Waals surface area contributed by atoms with Crippen molar-refractivity contribution in [2.45, 2.75) is 12.8 Å². The van der Waals surface area contributed by atoms with Gasteiger partial charge in [0.05, 0.1) is 13.2 Å². The molecule has 6 nitrogen and oxygen atoms in total. The number of thiophene rings is 1. The lowest BCUT2D eigenvalue weighted by Gasteiger charge is -2.26. The number of hydrogen-bond acceptors (Lipinski definition) is 7. The largest absolute Gasteiger partial charge is 0.454 e. The summed E-state index contributed by atoms with van der Waals surface area (Å²) in [5.41, 5.74) is 2.62. The van der Waals surface area contributed by atoms with Gasteiger partial charge < -0.3 is 14.4 Å². The zero-order chi connectivity index (χ0) is 20.3. The maximum atomic E-state index is 9.63. The summed E-state index contributed by atoms with van der Waals surface area (Å²) in [5.74, 6) is 0.589. The standard InChI is InChI=1S/C23H23N3O3S/c27-25-19-13-22(20-14-23-17(15-24-20)5-11-30-23)29-21-4-3-16(12-18(19)21)2-1-6-26-7-9-28-10-8-26/h3-5,11-15,27H,1-2,6-10H2/b25-19-. The third-order valence-electron chi connectivity index (χ3n) is 5.55. The van der Waals surface area contributed by atoms with Crippen LogP contribution in [0.2, 0.25) is 0 Å². The van der Waals surface area contributed by atoms with Gasteiger partial charge in [-0.15, -0.1) is 11.3 Å². The van der Waals surface area contributed by atoms with E-state index < -0.39 is 0 Å². The number of nitrogens with zero attached hydrogens (tertiary/aromatic N) is 3. The normalized spacial score (nSPS) is 15.9. The molecule has 30 heavy (non-hydrogen) atoms. The molecule has 0 saturated carbocycles. The minimum atomic E-state index is 0.495. The van der Waals surface area contributed by atoms with Crippen molar-refractivity contribution in [1.82, 2.24) is 9.88 Å². The van der Waals surface area contributed by atoms with E-state index in [4.69, 9.17) is 9.15 Å². The second-order valence-corrected chi connectivity index (χ2v) is 8.46. The Kier molecular flexibility index (Phi) is 5.48. The van der Waals surface area contributed by atoms with Crippen LogP contribution in [0, 0.1) is 0 Å². The number of aromatic nitrogens is 1. The molecule has 1 fully saturated rings. The van der Waals surface area contributed by atoms with Gasteiger partial charge in [0.2, 0.25) is 0 Å². The Morgan fingerprint density at radius 1 is 1.13 bits per heavy atom. The number of morpholine rings is 1. The third kappa shape index (κ3) is 3.96. The van der Waals surface area contributed by atoms with Gasteiger partial charge >= 0.3 is 0 Å². The fraction of sp³-hybridized carbons (Fsp3) is 0.304. The first-order valence-electron chi connectivity index (χ1n) is 10.2. The number of hydrogen-bond donors (Lipinski definition) is 1. The Morgan fingerprint density at radius 3 is 2.90 bits per heavy atom. The summed E-state index contributed by atoms with van der Waals surface area (Å²) >= 11 is 1.66. The molecule has 0 radical (unpaired) electrons. The second-order valence-electron chi connectivity index (χ2n) is 7.51. The maximum Gasteiger partial charge on any atom is 0.155 e. The molecule has 4 aromatic rings. The smallest absolute Gasteiger partial charge is 0.155 e. The van der Waals surface area contributed by atoms with E-state index in [1.54, 1.807) is 17.4 Å². The highest BCUT2D eigenvalue weighted by atomic mass is 32.1. The van der Waals surface area contributed by atoms with E-state index in [-0.39, 0.29) is 0 Å². The van der Waals surface area contributed by atoms with Crippen LogP contribution in [0.3, 0.4) is 0 Å². The van der Waals surface area contributed by atoms with E-state index in [0.29, 0.717) is 16.7 Å². The zero-order valence-corrected chi connectivity index (χ0v) is 17.4. The van der Waals surface area contributed by atoms with E-state index in [9.17, 15) is 5.21 Å². The molecule has 5 rings (SSSR count). The van der Waals surface area contributed by atoms with Crippen molar-refractivity contribution >= 4 is 32.4 Å². The lowest BCUT2D eigenvalue weighted by molar-refractivity contribution is 0.0375. The van der Waals surface area contributed by atoms with Gasteiger partial charge in [0, 0.05) is 40.8 Å². The minimum Gasteiger partial charge on any atom is -0.454 e. The third-order valence-corrected chi connectivity index (χ3v) is 6.43. The average molecular weight is 422 g/mol. The van der Waals surface area contributed by atoms with E-state index in [2.05, 4.69) is 27.2 Å². The lowest BCUT2D eigenvalue weighted by Crippen LogP contribution is -2.36. The van der Waals surface area contributed by atoms with Crippen molar-refractivity contribution in [3.63, 3.8) is 0 Å². The first-order chi connectivity index (χ1) is 14.8. The van der Waals surface area contributed by atoms with Gasteiger partial charge in [0.15, 0.2) is 5.76 Å². The Bertz CT molecular complexity index is 1240. The van der Waals surface area contributed by atoms with E-state index in [1.165, 1.54) is 5.56 Å². The van der Waals surface area contributed by atoms with Crippen LogP contribution in [0.4, 0.5) is 0 Å². The van der Waals surface area contributed by atoms with Gasteiger partial charge in [-0.3, -0.25) is 9.88 Å². The number of benzene rings is 1. The van der Waals surface area contributed by atoms with E-state index in [0.717, 1.165) is 66.9 Å². The molecule has 1 aromatic carbocycles. The predicted octanol–water partition coefficient (Wildman–Crippen LogP) is 4.26. The van der Waals surface area contributed by atoms with Crippen molar-refractivity contribution in [1.29, 1.82) is 0 Å². The highest BCUT2D eigenvalue weighted by molar-refractivity contribution is 7.17. The first kappa shape index (κ1) is 19.2. The number of pyridine rings is 1. The zero-order valence-electron chi connectivity index (χ0n) is 16.6. The lowest BCUT2D eigenvalue weighted by atomic mass is 10.1. The van der Waals surface area contributed by atoms with Gasteiger partial charge in [-0.2, -0.15) is 0 Å². The molecule has 1 aliphatic rings. The van der Waals surface area contributed by atoms with Gasteiger partial charge in [0.25, 0.3) is 0 Å². The number of ether oxygens (including phenoxy) is 1. The fourth-order valence-electron chi connectivity index (χ4n) is 3.90. The van der Waals surface area contributed by atoms with Crippen molar-refractivity contribution in [3.05, 3.63) is 58.9 Å². The summed E-state index contributed by atoms with van der Waals surface area (Å²) in [6.45, 7) is 4.75. The summed E-state index contributed by atoms with van der Waals surface area (Å²) in [7, 11) is 0. The van der Waals surface area contributed by atoms with Crippen LogP contribution >= 0.6 is 11.3 Å². The number of fused-ring (bicyclic) bond motifs is 2. The summed E-state index contributed by atoms with van der Waals surface area (Å²) in [4.78, 5) is 6.95. The molecular weight excluding hydrogens is 398 g/mol. The molecule has 0 amide bonds. The van der Waals surface area contributed by atoms with Crippen molar-refractivity contribution in [2.24, 2.45) is 5.16 Å². The Labute approximate surface area is 178 Å². The Hall–Kier alpha value is -2.74. The van der Waals surface area contributed by atoms with Crippen molar-refractivity contribution in [3.8, 4) is 11.5 Å². The molecular formula is C23H23N3O3S. The van der Waals surface area contributed by atoms with Gasteiger partial charge in [-0.05, 0) is 54.6 Å². The van der Waals surface area contributed by atoms with Crippen molar-refractivity contribution in [2.75, 3.05) is 32.8 Å². The molecule has 0 aliphatic carbocycles. The van der Waals surface area contributed by atoms with Crippen LogP contribution in [0.1, 0.15) is 12.0 Å². The quantitative estimate of drug-likeness (QED) is 0.385. The van der Waals surface area contributed by atoms with Crippen LogP contribution in [0.15, 0.2) is 57.5 Å². The molecule has 3 aromatic heterocycles. The topological polar surface area (TPSA) is 71.1 Å². The van der Waals surface area contributed by atoms with E-state index >= 15 is 0 Å². The second kappa shape index (κ2) is 8.55. The molecule has 0 bridgehead atoms. The van der Waals surface area contributed by atoms with Crippen LogP contribution in [0.25, 0.3) is 32.5 Å². The molecule has 0 spiro atoms. The van der Waals surface area contributed by atoms with Crippen LogP contribution < -0.4 is 5.36 Å². The molecule has 0 unspecified atom stereocenters. The van der Waals surface area contributed by atoms with Gasteiger partial charge in [0.1, 0.15) is 16.6 Å². The molecule has 7 heteroatoms. The summed E-state index contributed by atoms with van der Waals surface area (Å²) in [5, 5.41) is 17.6. The highest BCUT2D eigenvalue weighted by Gasteiger charge is 2.11. The SMILES string of the molecule is O/N=c1/cc(-c2cc3sccc3cn2)oc2ccc(CCCN3CCOCC3)cc12. The molecule has 0 atom stereocenters. The molecule has 4 heterocycles. The molecule has 1 aliphatic heterocycles. The average Bonchev–Trinajstić information content (AvgIpc) is 3.27. The summed E-state index contributed by atoms with van der Waals surface area (Å²) in [6, 6.07) is 11.9. The summed E-state index contributed by atoms with van der Waals surface area (Å²) < 4.78 is 12.7. The number of aryl methyl sites for hydroxylation is 1. The van der Waals surface area contributed by atoms with Gasteiger partial charge in [-0.1, -0.05) is 11.2 Å². The summed E-state index contributed by atoms with van der Waals surface area (Å²) in [6.07, 6.45) is 3.89. The molecule has 154 valence electrons. The number of rotatable bonds is 5. The molecule has 1 N–H and O–H groups in total. The van der Waals surface area contributed by atoms with Gasteiger partial charge in [-0.25, -0.2) is 0 Å². The first-order valence-corrected chi connectivity index (χ1v) is 11.1. The fourth-order valence-corrected chi connectivity index (χ4v) is 4.70.